The highest BCUT2D eigenvalue weighted by atomic mass is 19.4. The molecule has 1 aromatic rings. The molecule has 5 heteroatoms. The molecule has 0 saturated heterocycles. The summed E-state index contributed by atoms with van der Waals surface area (Å²) in [6.07, 6.45) is -3.32. The van der Waals surface area contributed by atoms with E-state index in [2.05, 4.69) is 0 Å². The molecule has 90 valence electrons. The van der Waals surface area contributed by atoms with E-state index in [-0.39, 0.29) is 5.56 Å². The van der Waals surface area contributed by atoms with Crippen LogP contribution in [0.4, 0.5) is 17.6 Å². The molecular formula is C11H13F4N. The smallest absolute Gasteiger partial charge is 0.324 e. The summed E-state index contributed by atoms with van der Waals surface area (Å²) in [5.41, 5.74) is 4.67. The highest BCUT2D eigenvalue weighted by Gasteiger charge is 2.31. The first kappa shape index (κ1) is 13.0. The van der Waals surface area contributed by atoms with Gasteiger partial charge in [-0.2, -0.15) is 13.2 Å². The second kappa shape index (κ2) is 4.82. The maximum Gasteiger partial charge on any atom is 0.416 e. The Kier molecular flexibility index (Phi) is 3.91. The zero-order valence-corrected chi connectivity index (χ0v) is 8.81. The number of benzene rings is 1. The van der Waals surface area contributed by atoms with Crippen LogP contribution in [-0.2, 0) is 6.18 Å². The van der Waals surface area contributed by atoms with Crippen LogP contribution in [0, 0.1) is 5.82 Å². The molecule has 0 heterocycles. The molecule has 0 aliphatic rings. The SMILES string of the molecule is CCCC(N)c1cc(C(F)(F)F)ccc1F. The maximum absolute atomic E-state index is 13.3. The van der Waals surface area contributed by atoms with Crippen LogP contribution in [0.3, 0.4) is 0 Å². The third-order valence-corrected chi connectivity index (χ3v) is 2.32. The fourth-order valence-electron chi connectivity index (χ4n) is 1.47. The third-order valence-electron chi connectivity index (χ3n) is 2.32. The third kappa shape index (κ3) is 2.95. The van der Waals surface area contributed by atoms with Gasteiger partial charge in [0.05, 0.1) is 5.56 Å². The van der Waals surface area contributed by atoms with Gasteiger partial charge in [0.1, 0.15) is 5.82 Å². The summed E-state index contributed by atoms with van der Waals surface area (Å²) in [5, 5.41) is 0. The summed E-state index contributed by atoms with van der Waals surface area (Å²) in [6, 6.07) is 1.63. The Morgan fingerprint density at radius 3 is 2.44 bits per heavy atom. The largest absolute Gasteiger partial charge is 0.416 e. The van der Waals surface area contributed by atoms with Gasteiger partial charge in [0.15, 0.2) is 0 Å². The highest BCUT2D eigenvalue weighted by Crippen LogP contribution is 2.32. The molecule has 2 N–H and O–H groups in total. The molecule has 16 heavy (non-hydrogen) atoms. The van der Waals surface area contributed by atoms with Crippen molar-refractivity contribution in [3.8, 4) is 0 Å². The lowest BCUT2D eigenvalue weighted by molar-refractivity contribution is -0.137. The minimum Gasteiger partial charge on any atom is -0.324 e. The van der Waals surface area contributed by atoms with Crippen LogP contribution in [0.25, 0.3) is 0 Å². The van der Waals surface area contributed by atoms with Crippen molar-refractivity contribution in [1.82, 2.24) is 0 Å². The van der Waals surface area contributed by atoms with Crippen LogP contribution in [0.2, 0.25) is 0 Å². The Bertz CT molecular complexity index is 359. The van der Waals surface area contributed by atoms with E-state index in [1.807, 2.05) is 6.92 Å². The molecule has 0 aromatic heterocycles. The molecule has 0 bridgehead atoms. The Hall–Kier alpha value is -1.10. The molecule has 0 aliphatic heterocycles. The predicted octanol–water partition coefficient (Wildman–Crippen LogP) is 3.64. The van der Waals surface area contributed by atoms with Gasteiger partial charge in [-0.25, -0.2) is 4.39 Å². The topological polar surface area (TPSA) is 26.0 Å². The molecular weight excluding hydrogens is 222 g/mol. The second-order valence-electron chi connectivity index (χ2n) is 3.63. The number of hydrogen-bond donors (Lipinski definition) is 1. The van der Waals surface area contributed by atoms with Crippen molar-refractivity contribution in [1.29, 1.82) is 0 Å². The summed E-state index contributed by atoms with van der Waals surface area (Å²) < 4.78 is 50.4. The number of nitrogens with two attached hydrogens (primary N) is 1. The first-order valence-corrected chi connectivity index (χ1v) is 4.98. The van der Waals surface area contributed by atoms with E-state index < -0.39 is 23.6 Å². The normalized spacial score (nSPS) is 13.9. The standard InChI is InChI=1S/C11H13F4N/c1-2-3-10(16)8-6-7(11(13,14)15)4-5-9(8)12/h4-6,10H,2-3,16H2,1H3. The van der Waals surface area contributed by atoms with E-state index in [0.717, 1.165) is 18.2 Å². The van der Waals surface area contributed by atoms with Gasteiger partial charge in [-0.05, 0) is 24.6 Å². The van der Waals surface area contributed by atoms with Crippen molar-refractivity contribution in [3.63, 3.8) is 0 Å². The van der Waals surface area contributed by atoms with Gasteiger partial charge in [-0.15, -0.1) is 0 Å². The molecule has 1 nitrogen and oxygen atoms in total. The van der Waals surface area contributed by atoms with Crippen molar-refractivity contribution < 1.29 is 17.6 Å². The highest BCUT2D eigenvalue weighted by molar-refractivity contribution is 5.29. The number of halogens is 4. The van der Waals surface area contributed by atoms with Crippen molar-refractivity contribution in [2.45, 2.75) is 32.0 Å². The lowest BCUT2D eigenvalue weighted by Crippen LogP contribution is -2.14. The van der Waals surface area contributed by atoms with Crippen LogP contribution in [0.15, 0.2) is 18.2 Å². The maximum atomic E-state index is 13.3. The van der Waals surface area contributed by atoms with Gasteiger partial charge in [0, 0.05) is 11.6 Å². The van der Waals surface area contributed by atoms with Crippen molar-refractivity contribution in [3.05, 3.63) is 35.1 Å². The fourth-order valence-corrected chi connectivity index (χ4v) is 1.47. The lowest BCUT2D eigenvalue weighted by Gasteiger charge is -2.14. The van der Waals surface area contributed by atoms with Gasteiger partial charge in [-0.3, -0.25) is 0 Å². The minimum absolute atomic E-state index is 0.0725. The van der Waals surface area contributed by atoms with Crippen LogP contribution in [0.5, 0.6) is 0 Å². The zero-order valence-electron chi connectivity index (χ0n) is 8.81. The number of rotatable bonds is 3. The first-order chi connectivity index (χ1) is 7.36. The Balaban J connectivity index is 3.09. The second-order valence-corrected chi connectivity index (χ2v) is 3.63. The monoisotopic (exact) mass is 235 g/mol. The summed E-state index contributed by atoms with van der Waals surface area (Å²) in [5.74, 6) is -0.686. The molecule has 1 aromatic carbocycles. The summed E-state index contributed by atoms with van der Waals surface area (Å²) in [6.45, 7) is 1.84. The van der Waals surface area contributed by atoms with Gasteiger partial charge in [0.2, 0.25) is 0 Å². The average molecular weight is 235 g/mol. The molecule has 0 amide bonds. The van der Waals surface area contributed by atoms with E-state index in [1.165, 1.54) is 0 Å². The zero-order chi connectivity index (χ0) is 12.3. The first-order valence-electron chi connectivity index (χ1n) is 4.98. The van der Waals surface area contributed by atoms with E-state index >= 15 is 0 Å². The van der Waals surface area contributed by atoms with Crippen molar-refractivity contribution >= 4 is 0 Å². The minimum atomic E-state index is -4.46. The van der Waals surface area contributed by atoms with Crippen molar-refractivity contribution in [2.75, 3.05) is 0 Å². The van der Waals surface area contributed by atoms with Crippen molar-refractivity contribution in [2.24, 2.45) is 5.73 Å². The van der Waals surface area contributed by atoms with Gasteiger partial charge in [-0.1, -0.05) is 13.3 Å². The molecule has 1 rings (SSSR count). The summed E-state index contributed by atoms with van der Waals surface area (Å²) in [4.78, 5) is 0. The van der Waals surface area contributed by atoms with E-state index in [4.69, 9.17) is 5.73 Å². The van der Waals surface area contributed by atoms with Gasteiger partial charge < -0.3 is 5.73 Å². The molecule has 0 aliphatic carbocycles. The quantitative estimate of drug-likeness (QED) is 0.795. The molecule has 0 radical (unpaired) electrons. The molecule has 1 atom stereocenters. The average Bonchev–Trinajstić information content (AvgIpc) is 2.16. The molecule has 0 spiro atoms. The van der Waals surface area contributed by atoms with E-state index in [9.17, 15) is 17.6 Å². The van der Waals surface area contributed by atoms with Crippen LogP contribution in [0.1, 0.15) is 36.9 Å². The van der Waals surface area contributed by atoms with Crippen LogP contribution >= 0.6 is 0 Å². The molecule has 1 unspecified atom stereocenters. The molecule has 0 fully saturated rings. The van der Waals surface area contributed by atoms with E-state index in [1.54, 1.807) is 0 Å². The number of hydrogen-bond acceptors (Lipinski definition) is 1. The lowest BCUT2D eigenvalue weighted by atomic mass is 10.00. The summed E-state index contributed by atoms with van der Waals surface area (Å²) in [7, 11) is 0. The number of alkyl halides is 3. The van der Waals surface area contributed by atoms with Crippen LogP contribution < -0.4 is 5.73 Å². The summed E-state index contributed by atoms with van der Waals surface area (Å²) >= 11 is 0. The van der Waals surface area contributed by atoms with Gasteiger partial charge >= 0.3 is 6.18 Å². The Morgan fingerprint density at radius 2 is 1.94 bits per heavy atom. The van der Waals surface area contributed by atoms with Crippen LogP contribution in [-0.4, -0.2) is 0 Å². The predicted molar refractivity (Wildman–Crippen MR) is 53.2 cm³/mol. The van der Waals surface area contributed by atoms with Gasteiger partial charge in [0.25, 0.3) is 0 Å². The Morgan fingerprint density at radius 1 is 1.31 bits per heavy atom. The Labute approximate surface area is 91.3 Å². The van der Waals surface area contributed by atoms with E-state index in [0.29, 0.717) is 12.8 Å². The fraction of sp³-hybridized carbons (Fsp3) is 0.455. The molecule has 0 saturated carbocycles.